The molecule has 0 aliphatic carbocycles. The minimum absolute atomic E-state index is 0. The summed E-state index contributed by atoms with van der Waals surface area (Å²) in [7, 11) is 0. The number of thiazole rings is 1. The third kappa shape index (κ3) is 4.18. The van der Waals surface area contributed by atoms with Gasteiger partial charge in [0, 0.05) is 29.1 Å². The molecule has 1 aromatic carbocycles. The Hall–Kier alpha value is -1.96. The Morgan fingerprint density at radius 1 is 1.20 bits per heavy atom. The molecular weight excluding hydrogens is 356 g/mol. The van der Waals surface area contributed by atoms with Crippen molar-refractivity contribution in [2.24, 2.45) is 0 Å². The molecule has 0 unspecified atom stereocenters. The maximum atomic E-state index is 5.70. The summed E-state index contributed by atoms with van der Waals surface area (Å²) < 4.78 is 0. The summed E-state index contributed by atoms with van der Waals surface area (Å²) in [6, 6.07) is 10.1. The summed E-state index contributed by atoms with van der Waals surface area (Å²) in [5, 5.41) is 8.17. The number of nitrogens with two attached hydrogens (primary N) is 1. The predicted molar refractivity (Wildman–Crippen MR) is 103 cm³/mol. The Balaban J connectivity index is 0.00000182. The number of likely N-dealkylation sites (tertiary alicyclic amines) is 1. The first-order valence-corrected chi connectivity index (χ1v) is 9.00. The first-order valence-electron chi connectivity index (χ1n) is 8.18. The molecule has 1 aliphatic rings. The maximum absolute atomic E-state index is 5.70. The van der Waals surface area contributed by atoms with E-state index in [2.05, 4.69) is 20.1 Å². The number of nitrogens with one attached hydrogen (secondary N) is 1. The van der Waals surface area contributed by atoms with E-state index in [4.69, 9.17) is 10.7 Å². The van der Waals surface area contributed by atoms with Gasteiger partial charge in [-0.15, -0.1) is 23.7 Å². The van der Waals surface area contributed by atoms with E-state index in [1.54, 1.807) is 11.3 Å². The second kappa shape index (κ2) is 7.95. The van der Waals surface area contributed by atoms with Crippen molar-refractivity contribution in [2.45, 2.75) is 25.3 Å². The zero-order valence-electron chi connectivity index (χ0n) is 13.8. The lowest BCUT2D eigenvalue weighted by Gasteiger charge is -2.30. The van der Waals surface area contributed by atoms with Crippen LogP contribution >= 0.6 is 23.7 Å². The molecule has 0 amide bonds. The van der Waals surface area contributed by atoms with E-state index in [0.29, 0.717) is 11.0 Å². The van der Waals surface area contributed by atoms with Crippen molar-refractivity contribution in [3.05, 3.63) is 47.2 Å². The molecule has 3 N–H and O–H groups in total. The zero-order chi connectivity index (χ0) is 16.4. The summed E-state index contributed by atoms with van der Waals surface area (Å²) in [4.78, 5) is 12.5. The van der Waals surface area contributed by atoms with Crippen LogP contribution in [0.1, 0.15) is 29.5 Å². The van der Waals surface area contributed by atoms with Crippen molar-refractivity contribution in [1.82, 2.24) is 25.1 Å². The molecule has 0 radical (unpaired) electrons. The molecular formula is C17H21ClN6S. The minimum Gasteiger partial charge on any atom is -0.375 e. The lowest BCUT2D eigenvalue weighted by atomic mass is 9.96. The number of anilines is 1. The Labute approximate surface area is 156 Å². The molecule has 25 heavy (non-hydrogen) atoms. The number of nitrogen functional groups attached to an aromatic ring is 1. The van der Waals surface area contributed by atoms with Crippen LogP contribution in [0, 0.1) is 0 Å². The number of hydrogen-bond donors (Lipinski definition) is 2. The molecule has 1 aliphatic heterocycles. The topological polar surface area (TPSA) is 83.7 Å². The van der Waals surface area contributed by atoms with Crippen LogP contribution < -0.4 is 5.73 Å². The van der Waals surface area contributed by atoms with Gasteiger partial charge in [-0.25, -0.2) is 9.97 Å². The van der Waals surface area contributed by atoms with Crippen molar-refractivity contribution < 1.29 is 0 Å². The van der Waals surface area contributed by atoms with Crippen LogP contribution in [-0.4, -0.2) is 38.2 Å². The average Bonchev–Trinajstić information content (AvgIpc) is 3.26. The second-order valence-electron chi connectivity index (χ2n) is 6.13. The SMILES string of the molecule is Cl.Nc1ncc(CN2CCC(c3nc(-c4ccccc4)n[nH]3)CC2)s1. The van der Waals surface area contributed by atoms with Crippen LogP contribution in [0.2, 0.25) is 0 Å². The summed E-state index contributed by atoms with van der Waals surface area (Å²) in [5.41, 5.74) is 6.76. The highest BCUT2D eigenvalue weighted by atomic mass is 35.5. The van der Waals surface area contributed by atoms with E-state index in [1.165, 1.54) is 4.88 Å². The van der Waals surface area contributed by atoms with Gasteiger partial charge in [-0.1, -0.05) is 30.3 Å². The number of nitrogens with zero attached hydrogens (tertiary/aromatic N) is 4. The highest BCUT2D eigenvalue weighted by molar-refractivity contribution is 7.15. The molecule has 4 rings (SSSR count). The molecule has 8 heteroatoms. The summed E-state index contributed by atoms with van der Waals surface area (Å²) >= 11 is 1.58. The predicted octanol–water partition coefficient (Wildman–Crippen LogP) is 3.31. The van der Waals surface area contributed by atoms with Crippen molar-refractivity contribution in [3.63, 3.8) is 0 Å². The minimum atomic E-state index is 0. The normalized spacial score (nSPS) is 15.8. The van der Waals surface area contributed by atoms with Crippen LogP contribution in [-0.2, 0) is 6.54 Å². The van der Waals surface area contributed by atoms with Gasteiger partial charge in [0.2, 0.25) is 0 Å². The van der Waals surface area contributed by atoms with Crippen LogP contribution in [0.5, 0.6) is 0 Å². The first-order chi connectivity index (χ1) is 11.8. The Bertz CT molecular complexity index is 794. The first kappa shape index (κ1) is 17.8. The molecule has 0 saturated carbocycles. The molecule has 0 bridgehead atoms. The second-order valence-corrected chi connectivity index (χ2v) is 7.27. The lowest BCUT2D eigenvalue weighted by Crippen LogP contribution is -2.32. The molecule has 2 aromatic heterocycles. The van der Waals surface area contributed by atoms with E-state index >= 15 is 0 Å². The molecule has 132 valence electrons. The lowest BCUT2D eigenvalue weighted by molar-refractivity contribution is 0.203. The van der Waals surface area contributed by atoms with Crippen molar-refractivity contribution in [2.75, 3.05) is 18.8 Å². The number of rotatable bonds is 4. The molecule has 3 aromatic rings. The fourth-order valence-electron chi connectivity index (χ4n) is 3.15. The number of aromatic amines is 1. The summed E-state index contributed by atoms with van der Waals surface area (Å²) in [6.07, 6.45) is 4.07. The van der Waals surface area contributed by atoms with Crippen LogP contribution in [0.25, 0.3) is 11.4 Å². The van der Waals surface area contributed by atoms with E-state index in [9.17, 15) is 0 Å². The highest BCUT2D eigenvalue weighted by Crippen LogP contribution is 2.28. The van der Waals surface area contributed by atoms with E-state index in [0.717, 1.165) is 49.7 Å². The Kier molecular flexibility index (Phi) is 5.67. The fourth-order valence-corrected chi connectivity index (χ4v) is 3.88. The number of piperidine rings is 1. The van der Waals surface area contributed by atoms with Crippen LogP contribution in [0.4, 0.5) is 5.13 Å². The number of hydrogen-bond acceptors (Lipinski definition) is 6. The number of H-pyrrole nitrogens is 1. The van der Waals surface area contributed by atoms with E-state index in [1.807, 2.05) is 36.5 Å². The molecule has 1 saturated heterocycles. The molecule has 6 nitrogen and oxygen atoms in total. The largest absolute Gasteiger partial charge is 0.375 e. The maximum Gasteiger partial charge on any atom is 0.181 e. The number of aromatic nitrogens is 4. The number of benzene rings is 1. The highest BCUT2D eigenvalue weighted by Gasteiger charge is 2.24. The fraction of sp³-hybridized carbons (Fsp3) is 0.353. The molecule has 3 heterocycles. The van der Waals surface area contributed by atoms with Gasteiger partial charge in [0.15, 0.2) is 11.0 Å². The van der Waals surface area contributed by atoms with E-state index in [-0.39, 0.29) is 12.4 Å². The average molecular weight is 377 g/mol. The van der Waals surface area contributed by atoms with Gasteiger partial charge in [0.25, 0.3) is 0 Å². The van der Waals surface area contributed by atoms with Gasteiger partial charge < -0.3 is 5.73 Å². The quantitative estimate of drug-likeness (QED) is 0.729. The summed E-state index contributed by atoms with van der Waals surface area (Å²) in [6.45, 7) is 3.06. The summed E-state index contributed by atoms with van der Waals surface area (Å²) in [5.74, 6) is 2.25. The smallest absolute Gasteiger partial charge is 0.181 e. The molecule has 0 spiro atoms. The van der Waals surface area contributed by atoms with Crippen molar-refractivity contribution in [1.29, 1.82) is 0 Å². The van der Waals surface area contributed by atoms with E-state index < -0.39 is 0 Å². The third-order valence-corrected chi connectivity index (χ3v) is 5.27. The molecule has 0 atom stereocenters. The van der Waals surface area contributed by atoms with Gasteiger partial charge in [-0.2, -0.15) is 5.10 Å². The zero-order valence-corrected chi connectivity index (χ0v) is 15.4. The Morgan fingerprint density at radius 2 is 1.96 bits per heavy atom. The van der Waals surface area contributed by atoms with Gasteiger partial charge >= 0.3 is 0 Å². The van der Waals surface area contributed by atoms with Crippen molar-refractivity contribution >= 4 is 28.9 Å². The van der Waals surface area contributed by atoms with Gasteiger partial charge in [-0.3, -0.25) is 10.00 Å². The van der Waals surface area contributed by atoms with Crippen LogP contribution in [0.15, 0.2) is 36.5 Å². The molecule has 1 fully saturated rings. The number of halogens is 1. The monoisotopic (exact) mass is 376 g/mol. The van der Waals surface area contributed by atoms with Crippen LogP contribution in [0.3, 0.4) is 0 Å². The van der Waals surface area contributed by atoms with Gasteiger partial charge in [-0.05, 0) is 25.9 Å². The van der Waals surface area contributed by atoms with Gasteiger partial charge in [0.1, 0.15) is 5.82 Å². The van der Waals surface area contributed by atoms with Gasteiger partial charge in [0.05, 0.1) is 0 Å². The Morgan fingerprint density at radius 3 is 2.64 bits per heavy atom. The third-order valence-electron chi connectivity index (χ3n) is 4.46. The standard InChI is InChI=1S/C17H20N6S.ClH/c18-17-19-10-14(24-17)11-23-8-6-13(7-9-23)16-20-15(21-22-16)12-4-2-1-3-5-12;/h1-5,10,13H,6-9,11H2,(H2,18,19)(H,20,21,22);1H. The van der Waals surface area contributed by atoms with Crippen molar-refractivity contribution in [3.8, 4) is 11.4 Å².